The van der Waals surface area contributed by atoms with Gasteiger partial charge in [-0.2, -0.15) is 0 Å². The molecule has 0 unspecified atom stereocenters. The molecule has 11 aromatic carbocycles. The molecule has 0 spiro atoms. The number of nitrogens with zero attached hydrogens (tertiary/aromatic N) is 4. The molecule has 0 aliphatic carbocycles. The van der Waals surface area contributed by atoms with Crippen LogP contribution in [-0.2, 0) is 10.8 Å². The van der Waals surface area contributed by atoms with Crippen LogP contribution >= 0.6 is 22.7 Å². The first-order chi connectivity index (χ1) is 40.5. The molecule has 0 saturated heterocycles. The van der Waals surface area contributed by atoms with Gasteiger partial charge in [0.1, 0.15) is 0 Å². The van der Waals surface area contributed by atoms with Gasteiger partial charge in [-0.3, -0.25) is 0 Å². The van der Waals surface area contributed by atoms with Crippen molar-refractivity contribution in [2.24, 2.45) is 0 Å². The van der Waals surface area contributed by atoms with E-state index in [0.717, 1.165) is 0 Å². The minimum atomic E-state index is -0.0968. The lowest BCUT2D eigenvalue weighted by Gasteiger charge is -2.53. The molecule has 0 saturated carbocycles. The van der Waals surface area contributed by atoms with Crippen LogP contribution < -0.4 is 68.8 Å². The Morgan fingerprint density at radius 1 is 0.289 bits per heavy atom. The highest BCUT2D eigenvalue weighted by atomic mass is 32.1. The van der Waals surface area contributed by atoms with Crippen molar-refractivity contribution in [1.29, 1.82) is 0 Å². The van der Waals surface area contributed by atoms with Crippen molar-refractivity contribution in [2.45, 2.75) is 52.4 Å². The third kappa shape index (κ3) is 5.99. The summed E-state index contributed by atoms with van der Waals surface area (Å²) in [6, 6.07) is 82.5. The first kappa shape index (κ1) is 46.8. The van der Waals surface area contributed by atoms with Gasteiger partial charge < -0.3 is 19.6 Å². The van der Waals surface area contributed by atoms with Gasteiger partial charge in [-0.05, 0) is 144 Å². The third-order valence-electron chi connectivity index (χ3n) is 19.4. The van der Waals surface area contributed by atoms with E-state index in [1.165, 1.54) is 169 Å². The molecule has 9 heteroatoms. The first-order valence-electron chi connectivity index (χ1n) is 29.4. The van der Waals surface area contributed by atoms with Crippen molar-refractivity contribution in [3.05, 3.63) is 223 Å². The maximum atomic E-state index is 2.82. The number of para-hydroxylation sites is 4. The summed E-state index contributed by atoms with van der Waals surface area (Å²) in [7, 11) is 0. The zero-order valence-corrected chi connectivity index (χ0v) is 48.7. The van der Waals surface area contributed by atoms with Crippen molar-refractivity contribution in [2.75, 3.05) is 19.6 Å². The van der Waals surface area contributed by atoms with Gasteiger partial charge in [0.05, 0.1) is 11.4 Å². The summed E-state index contributed by atoms with van der Waals surface area (Å²) < 4.78 is 5.24. The van der Waals surface area contributed by atoms with Crippen molar-refractivity contribution < 1.29 is 0 Å². The Bertz CT molecular complexity index is 4760. The summed E-state index contributed by atoms with van der Waals surface area (Å²) in [5.41, 5.74) is 30.1. The van der Waals surface area contributed by atoms with Crippen LogP contribution in [0.4, 0.5) is 68.2 Å². The van der Waals surface area contributed by atoms with Crippen LogP contribution in [0.2, 0.25) is 0 Å². The maximum absolute atomic E-state index is 2.82. The van der Waals surface area contributed by atoms with Crippen molar-refractivity contribution >= 4 is 201 Å². The van der Waals surface area contributed by atoms with E-state index in [2.05, 4.69) is 273 Å². The van der Waals surface area contributed by atoms with Crippen LogP contribution in [0.1, 0.15) is 52.7 Å². The molecule has 0 radical (unpaired) electrons. The fourth-order valence-electron chi connectivity index (χ4n) is 16.0. The average molecular weight is 1090 g/mol. The van der Waals surface area contributed by atoms with Gasteiger partial charge >= 0.3 is 0 Å². The molecule has 0 bridgehead atoms. The van der Waals surface area contributed by atoms with Crippen LogP contribution in [0.25, 0.3) is 40.3 Å². The second-order valence-electron chi connectivity index (χ2n) is 25.9. The molecule has 2 aromatic heterocycles. The van der Waals surface area contributed by atoms with E-state index in [1.807, 2.05) is 22.7 Å². The second-order valence-corrected chi connectivity index (χ2v) is 28.1. The Kier molecular flexibility index (Phi) is 9.07. The van der Waals surface area contributed by atoms with E-state index in [9.17, 15) is 0 Å². The number of rotatable bonds is 2. The summed E-state index contributed by atoms with van der Waals surface area (Å²) in [6.07, 6.45) is 0. The lowest BCUT2D eigenvalue weighted by atomic mass is 9.25. The van der Waals surface area contributed by atoms with Gasteiger partial charge in [-0.25, -0.2) is 0 Å². The van der Waals surface area contributed by atoms with Gasteiger partial charge in [0, 0.05) is 97.2 Å². The van der Waals surface area contributed by atoms with Crippen LogP contribution in [0.3, 0.4) is 0 Å². The normalized spacial score (nSPS) is 14.7. The topological polar surface area (TPSA) is 13.0 Å². The molecule has 19 rings (SSSR count). The summed E-state index contributed by atoms with van der Waals surface area (Å²) in [6.45, 7) is 14.1. The lowest BCUT2D eigenvalue weighted by Crippen LogP contribution is -2.72. The minimum absolute atomic E-state index is 0.0704. The third-order valence-corrected chi connectivity index (χ3v) is 21.7. The van der Waals surface area contributed by atoms with Crippen molar-refractivity contribution in [3.63, 3.8) is 0 Å². The van der Waals surface area contributed by atoms with E-state index in [0.29, 0.717) is 0 Å². The van der Waals surface area contributed by atoms with Gasteiger partial charge in [-0.1, -0.05) is 181 Å². The molecule has 83 heavy (non-hydrogen) atoms. The number of thiophene rings is 2. The highest BCUT2D eigenvalue weighted by molar-refractivity contribution is 7.26. The van der Waals surface area contributed by atoms with Gasteiger partial charge in [0.25, 0.3) is 20.1 Å². The summed E-state index contributed by atoms with van der Waals surface area (Å²) >= 11 is 3.87. The summed E-state index contributed by atoms with van der Waals surface area (Å²) in [4.78, 5) is 10.8. The van der Waals surface area contributed by atoms with Crippen LogP contribution in [0.15, 0.2) is 212 Å². The largest absolute Gasteiger partial charge is 0.312 e. The van der Waals surface area contributed by atoms with Gasteiger partial charge in [-0.15, -0.1) is 22.7 Å². The standard InChI is InChI=1S/C74H53B3N4S2/c1-73(2,3)42-33-35-56-50(37-42)77-51-38-43(74(4,5)6)34-36-57(51)81-70-53(76-49-28-16-18-30-55(49)79(45-23-11-8-12-24-45)59-41-63-65(72(81)67(59)76)47-26-14-20-32-61(47)83-63)39-52-69(68(70)77)80(56)71-64-46-25-13-19-31-60(46)82-62(64)40-58-66(71)75(52)48-27-15-17-29-54(48)78(58)44-21-9-7-10-22-44/h7-41H,1-6H3. The molecule has 390 valence electrons. The molecule has 6 aliphatic heterocycles. The molecular formula is C74H53B3N4S2. The highest BCUT2D eigenvalue weighted by Crippen LogP contribution is 2.56. The number of fused-ring (bicyclic) bond motifs is 22. The zero-order chi connectivity index (χ0) is 55.1. The van der Waals surface area contributed by atoms with E-state index in [4.69, 9.17) is 0 Å². The van der Waals surface area contributed by atoms with Crippen LogP contribution in [0.5, 0.6) is 0 Å². The fourth-order valence-corrected chi connectivity index (χ4v) is 18.3. The highest BCUT2D eigenvalue weighted by Gasteiger charge is 2.56. The van der Waals surface area contributed by atoms with E-state index >= 15 is 0 Å². The molecule has 0 N–H and O–H groups in total. The molecule has 0 atom stereocenters. The SMILES string of the molecule is CC(C)(C)c1ccc2c(c1)B1c3cc(C(C)(C)C)ccc3N3c4c(cc5c(c41)N2c1c2c(cc4sc6ccccc6c14)N(c1ccccc1)c1ccccc1B52)B1c2ccccc2N(c2ccccc2)c2cc4sc5ccccc5c4c3c21. The Hall–Kier alpha value is -8.75. The number of hydrogen-bond acceptors (Lipinski definition) is 6. The summed E-state index contributed by atoms with van der Waals surface area (Å²) in [5.74, 6) is 0. The maximum Gasteiger partial charge on any atom is 0.252 e. The monoisotopic (exact) mass is 1090 g/mol. The average Bonchev–Trinajstić information content (AvgIpc) is 1.36. The predicted molar refractivity (Wildman–Crippen MR) is 362 cm³/mol. The lowest BCUT2D eigenvalue weighted by molar-refractivity contribution is 0.590. The smallest absolute Gasteiger partial charge is 0.252 e. The van der Waals surface area contributed by atoms with Crippen molar-refractivity contribution in [3.8, 4) is 0 Å². The first-order valence-corrected chi connectivity index (χ1v) is 31.1. The van der Waals surface area contributed by atoms with E-state index < -0.39 is 0 Å². The molecule has 0 fully saturated rings. The molecular weight excluding hydrogens is 1040 g/mol. The molecule has 13 aromatic rings. The number of anilines is 12. The quantitative estimate of drug-likeness (QED) is 0.160. The number of benzene rings is 11. The Morgan fingerprint density at radius 2 is 0.675 bits per heavy atom. The number of hydrogen-bond donors (Lipinski definition) is 0. The predicted octanol–water partition coefficient (Wildman–Crippen LogP) is 14.3. The second kappa shape index (κ2) is 16.1. The van der Waals surface area contributed by atoms with Crippen LogP contribution in [-0.4, -0.2) is 20.1 Å². The Morgan fingerprint density at radius 3 is 1.12 bits per heavy atom. The van der Waals surface area contributed by atoms with Crippen molar-refractivity contribution in [1.82, 2.24) is 0 Å². The fraction of sp³-hybridized carbons (Fsp3) is 0.108. The molecule has 6 aliphatic rings. The Labute approximate surface area is 492 Å². The van der Waals surface area contributed by atoms with E-state index in [1.54, 1.807) is 0 Å². The zero-order valence-electron chi connectivity index (χ0n) is 47.0. The minimum Gasteiger partial charge on any atom is -0.312 e. The van der Waals surface area contributed by atoms with Gasteiger partial charge in [0.15, 0.2) is 0 Å². The Balaban J connectivity index is 1.04. The van der Waals surface area contributed by atoms with Crippen LogP contribution in [0, 0.1) is 0 Å². The van der Waals surface area contributed by atoms with Gasteiger partial charge in [0.2, 0.25) is 0 Å². The summed E-state index contributed by atoms with van der Waals surface area (Å²) in [5, 5.41) is 5.31. The van der Waals surface area contributed by atoms with E-state index in [-0.39, 0.29) is 31.0 Å². The molecule has 8 heterocycles. The molecule has 0 amide bonds. The molecule has 4 nitrogen and oxygen atoms in total.